The number of aromatic nitrogens is 3. The topological polar surface area (TPSA) is 59.8 Å². The fraction of sp³-hybridized carbons (Fsp3) is 0.316. The zero-order chi connectivity index (χ0) is 17.6. The molecule has 130 valence electrons. The van der Waals surface area contributed by atoms with Crippen molar-refractivity contribution >= 4 is 17.2 Å². The Labute approximate surface area is 151 Å². The van der Waals surface area contributed by atoms with Crippen LogP contribution in [-0.4, -0.2) is 20.4 Å². The Balaban J connectivity index is 1.68. The van der Waals surface area contributed by atoms with Gasteiger partial charge in [-0.25, -0.2) is 9.97 Å². The normalized spacial score (nSPS) is 12.1. The minimum atomic E-state index is -0.0228. The van der Waals surface area contributed by atoms with Crippen LogP contribution in [0.25, 0.3) is 0 Å². The van der Waals surface area contributed by atoms with Gasteiger partial charge in [0.25, 0.3) is 0 Å². The van der Waals surface area contributed by atoms with E-state index in [9.17, 15) is 4.79 Å². The van der Waals surface area contributed by atoms with E-state index in [1.54, 1.807) is 23.9 Å². The van der Waals surface area contributed by atoms with Crippen molar-refractivity contribution in [2.75, 3.05) is 0 Å². The molecule has 0 aliphatic rings. The lowest BCUT2D eigenvalue weighted by Crippen LogP contribution is -2.30. The van der Waals surface area contributed by atoms with Crippen molar-refractivity contribution in [3.63, 3.8) is 0 Å². The molecule has 5 nitrogen and oxygen atoms in total. The molecule has 0 fully saturated rings. The second-order valence-electron chi connectivity index (χ2n) is 6.04. The third-order valence-electron chi connectivity index (χ3n) is 4.09. The van der Waals surface area contributed by atoms with E-state index in [-0.39, 0.29) is 11.9 Å². The first-order valence-corrected chi connectivity index (χ1v) is 9.16. The van der Waals surface area contributed by atoms with Crippen LogP contribution in [0, 0.1) is 13.8 Å². The number of imidazole rings is 1. The smallest absolute Gasteiger partial charge is 0.225 e. The molecule has 2 aromatic heterocycles. The molecule has 0 radical (unpaired) electrons. The highest BCUT2D eigenvalue weighted by Gasteiger charge is 2.16. The van der Waals surface area contributed by atoms with Crippen LogP contribution in [0.5, 0.6) is 0 Å². The quantitative estimate of drug-likeness (QED) is 0.707. The summed E-state index contributed by atoms with van der Waals surface area (Å²) in [4.78, 5) is 22.1. The number of aryl methyl sites for hydroxylation is 3. The second kappa shape index (κ2) is 8.07. The van der Waals surface area contributed by atoms with Gasteiger partial charge in [-0.3, -0.25) is 4.79 Å². The summed E-state index contributed by atoms with van der Waals surface area (Å²) in [7, 11) is 0. The van der Waals surface area contributed by atoms with Crippen LogP contribution >= 0.6 is 11.3 Å². The number of hydrogen-bond donors (Lipinski definition) is 1. The van der Waals surface area contributed by atoms with E-state index in [2.05, 4.69) is 27.4 Å². The van der Waals surface area contributed by atoms with Crippen LogP contribution in [-0.2, 0) is 17.8 Å². The highest BCUT2D eigenvalue weighted by Crippen LogP contribution is 2.20. The zero-order valence-corrected chi connectivity index (χ0v) is 15.3. The summed E-state index contributed by atoms with van der Waals surface area (Å²) in [6.45, 7) is 4.73. The van der Waals surface area contributed by atoms with Crippen LogP contribution < -0.4 is 5.32 Å². The molecule has 1 amide bonds. The van der Waals surface area contributed by atoms with Gasteiger partial charge in [-0.15, -0.1) is 11.3 Å². The average Bonchev–Trinajstić information content (AvgIpc) is 3.22. The van der Waals surface area contributed by atoms with E-state index in [4.69, 9.17) is 0 Å². The highest BCUT2D eigenvalue weighted by atomic mass is 32.1. The summed E-state index contributed by atoms with van der Waals surface area (Å²) in [5.41, 5.74) is 2.07. The molecule has 0 aliphatic heterocycles. The summed E-state index contributed by atoms with van der Waals surface area (Å²) in [6, 6.07) is 10.1. The fourth-order valence-electron chi connectivity index (χ4n) is 2.83. The molecular weight excluding hydrogens is 332 g/mol. The molecule has 0 saturated heterocycles. The Morgan fingerprint density at radius 1 is 1.28 bits per heavy atom. The lowest BCUT2D eigenvalue weighted by Gasteiger charge is -2.19. The van der Waals surface area contributed by atoms with Crippen molar-refractivity contribution < 1.29 is 4.79 Å². The standard InChI is InChI=1S/C19H22N4OS/c1-14-18(25-15(2)21-14)12-19(24)22-17(16-6-4-3-5-7-16)8-10-23-11-9-20-13-23/h3-7,9,11,13,17H,8,10,12H2,1-2H3,(H,22,24)/t17-/m1/s1. The number of carbonyl (C=O) groups excluding carboxylic acids is 1. The van der Waals surface area contributed by atoms with Gasteiger partial charge in [-0.05, 0) is 25.8 Å². The van der Waals surface area contributed by atoms with Crippen molar-refractivity contribution in [1.29, 1.82) is 0 Å². The van der Waals surface area contributed by atoms with Gasteiger partial charge in [-0.1, -0.05) is 30.3 Å². The maximum absolute atomic E-state index is 12.6. The summed E-state index contributed by atoms with van der Waals surface area (Å²) >= 11 is 1.59. The van der Waals surface area contributed by atoms with Crippen molar-refractivity contribution in [3.05, 3.63) is 70.2 Å². The van der Waals surface area contributed by atoms with Crippen LogP contribution in [0.15, 0.2) is 49.1 Å². The van der Waals surface area contributed by atoms with Crippen molar-refractivity contribution in [1.82, 2.24) is 19.9 Å². The summed E-state index contributed by atoms with van der Waals surface area (Å²) in [5.74, 6) is 0.0336. The number of nitrogens with zero attached hydrogens (tertiary/aromatic N) is 3. The maximum Gasteiger partial charge on any atom is 0.225 e. The molecule has 6 heteroatoms. The van der Waals surface area contributed by atoms with E-state index in [1.165, 1.54) is 0 Å². The first-order chi connectivity index (χ1) is 12.1. The number of rotatable bonds is 7. The number of thiazole rings is 1. The Hall–Kier alpha value is -2.47. The molecule has 2 heterocycles. The van der Waals surface area contributed by atoms with Gasteiger partial charge in [-0.2, -0.15) is 0 Å². The second-order valence-corrected chi connectivity index (χ2v) is 7.33. The Kier molecular flexibility index (Phi) is 5.60. The monoisotopic (exact) mass is 354 g/mol. The molecule has 0 bridgehead atoms. The van der Waals surface area contributed by atoms with Crippen LogP contribution in [0.1, 0.15) is 33.6 Å². The van der Waals surface area contributed by atoms with Gasteiger partial charge < -0.3 is 9.88 Å². The van der Waals surface area contributed by atoms with Crippen LogP contribution in [0.3, 0.4) is 0 Å². The molecule has 1 N–H and O–H groups in total. The molecule has 3 rings (SSSR count). The molecular formula is C19H22N4OS. The predicted molar refractivity (Wildman–Crippen MR) is 99.5 cm³/mol. The van der Waals surface area contributed by atoms with Crippen molar-refractivity contribution in [2.24, 2.45) is 0 Å². The molecule has 0 saturated carbocycles. The molecule has 0 spiro atoms. The Bertz CT molecular complexity index is 811. The average molecular weight is 354 g/mol. The first-order valence-electron chi connectivity index (χ1n) is 8.35. The summed E-state index contributed by atoms with van der Waals surface area (Å²) < 4.78 is 2.03. The van der Waals surface area contributed by atoms with Gasteiger partial charge in [0.2, 0.25) is 5.91 Å². The van der Waals surface area contributed by atoms with Crippen molar-refractivity contribution in [3.8, 4) is 0 Å². The third kappa shape index (κ3) is 4.76. The van der Waals surface area contributed by atoms with Gasteiger partial charge in [0.05, 0.1) is 29.5 Å². The lowest BCUT2D eigenvalue weighted by atomic mass is 10.0. The molecule has 0 aliphatic carbocycles. The van der Waals surface area contributed by atoms with Gasteiger partial charge >= 0.3 is 0 Å². The summed E-state index contributed by atoms with van der Waals surface area (Å²) in [5, 5.41) is 4.19. The van der Waals surface area contributed by atoms with Crippen molar-refractivity contribution in [2.45, 2.75) is 39.3 Å². The Morgan fingerprint density at radius 3 is 2.72 bits per heavy atom. The molecule has 1 atom stereocenters. The largest absolute Gasteiger partial charge is 0.349 e. The predicted octanol–water partition coefficient (Wildman–Crippen LogP) is 3.45. The molecule has 25 heavy (non-hydrogen) atoms. The van der Waals surface area contributed by atoms with Gasteiger partial charge in [0.1, 0.15) is 0 Å². The number of nitrogens with one attached hydrogen (secondary N) is 1. The minimum Gasteiger partial charge on any atom is -0.349 e. The Morgan fingerprint density at radius 2 is 2.08 bits per heavy atom. The molecule has 0 unspecified atom stereocenters. The minimum absolute atomic E-state index is 0.0228. The van der Waals surface area contributed by atoms with Crippen LogP contribution in [0.2, 0.25) is 0 Å². The third-order valence-corrected chi connectivity index (χ3v) is 5.17. The maximum atomic E-state index is 12.6. The first kappa shape index (κ1) is 17.4. The van der Waals surface area contributed by atoms with Gasteiger partial charge in [0.15, 0.2) is 0 Å². The highest BCUT2D eigenvalue weighted by molar-refractivity contribution is 7.11. The van der Waals surface area contributed by atoms with E-state index < -0.39 is 0 Å². The number of carbonyl (C=O) groups is 1. The number of amides is 1. The number of hydrogen-bond acceptors (Lipinski definition) is 4. The van der Waals surface area contributed by atoms with Gasteiger partial charge in [0, 0.05) is 23.8 Å². The lowest BCUT2D eigenvalue weighted by molar-refractivity contribution is -0.121. The molecule has 3 aromatic rings. The molecule has 1 aromatic carbocycles. The SMILES string of the molecule is Cc1nc(C)c(CC(=O)N[C@H](CCn2ccnc2)c2ccccc2)s1. The van der Waals surface area contributed by atoms with E-state index in [1.807, 2.05) is 42.8 Å². The number of benzene rings is 1. The van der Waals surface area contributed by atoms with Crippen LogP contribution in [0.4, 0.5) is 0 Å². The van der Waals surface area contributed by atoms with E-state index in [0.717, 1.165) is 34.1 Å². The summed E-state index contributed by atoms with van der Waals surface area (Å²) in [6.07, 6.45) is 6.70. The van der Waals surface area contributed by atoms with E-state index >= 15 is 0 Å². The van der Waals surface area contributed by atoms with E-state index in [0.29, 0.717) is 6.42 Å². The zero-order valence-electron chi connectivity index (χ0n) is 14.5. The fourth-order valence-corrected chi connectivity index (χ4v) is 3.77.